The van der Waals surface area contributed by atoms with Gasteiger partial charge in [-0.05, 0) is 24.3 Å². The molecule has 0 bridgehead atoms. The third-order valence-corrected chi connectivity index (χ3v) is 2.10. The van der Waals surface area contributed by atoms with Crippen LogP contribution in [0.4, 0.5) is 0 Å². The van der Waals surface area contributed by atoms with Crippen LogP contribution in [0.1, 0.15) is 16.8 Å². The highest BCUT2D eigenvalue weighted by Crippen LogP contribution is 2.13. The summed E-state index contributed by atoms with van der Waals surface area (Å²) in [6, 6.07) is 7.48. The average Bonchev–Trinajstić information content (AvgIpc) is 2.35. The SMILES string of the molecule is [C-]#[N+]C(C#N)CC(=O)c1ccc(OC)cc1. The third kappa shape index (κ3) is 2.83. The van der Waals surface area contributed by atoms with Gasteiger partial charge in [-0.2, -0.15) is 5.26 Å². The molecule has 1 rings (SSSR count). The van der Waals surface area contributed by atoms with Crippen LogP contribution in [0.2, 0.25) is 0 Å². The molecule has 0 aliphatic carbocycles. The number of Topliss-reactive ketones (excluding diaryl/α,β-unsaturated/α-hetero) is 1. The molecule has 0 radical (unpaired) electrons. The first kappa shape index (κ1) is 11.7. The minimum absolute atomic E-state index is 0.0632. The molecule has 0 heterocycles. The smallest absolute Gasteiger partial charge is 0.314 e. The van der Waals surface area contributed by atoms with E-state index < -0.39 is 6.04 Å². The lowest BCUT2D eigenvalue weighted by molar-refractivity contribution is 0.0982. The minimum Gasteiger partial charge on any atom is -0.497 e. The minimum atomic E-state index is -0.894. The van der Waals surface area contributed by atoms with Gasteiger partial charge in [-0.15, -0.1) is 0 Å². The highest BCUT2D eigenvalue weighted by Gasteiger charge is 2.17. The number of ether oxygens (including phenoxy) is 1. The van der Waals surface area contributed by atoms with E-state index in [9.17, 15) is 4.79 Å². The Labute approximate surface area is 93.9 Å². The van der Waals surface area contributed by atoms with E-state index in [0.717, 1.165) is 0 Å². The molecule has 0 amide bonds. The summed E-state index contributed by atoms with van der Waals surface area (Å²) in [5, 5.41) is 8.57. The molecule has 0 N–H and O–H groups in total. The summed E-state index contributed by atoms with van der Waals surface area (Å²) in [5.74, 6) is 0.462. The molecule has 0 fully saturated rings. The summed E-state index contributed by atoms with van der Waals surface area (Å²) in [6.45, 7) is 6.71. The van der Waals surface area contributed by atoms with Crippen LogP contribution in [-0.2, 0) is 0 Å². The normalized spacial score (nSPS) is 10.9. The number of hydrogen-bond donors (Lipinski definition) is 0. The van der Waals surface area contributed by atoms with Crippen molar-refractivity contribution in [2.75, 3.05) is 7.11 Å². The second kappa shape index (κ2) is 5.53. The number of nitrogens with zero attached hydrogens (tertiary/aromatic N) is 2. The third-order valence-electron chi connectivity index (χ3n) is 2.10. The van der Waals surface area contributed by atoms with Crippen molar-refractivity contribution in [3.05, 3.63) is 41.2 Å². The van der Waals surface area contributed by atoms with Gasteiger partial charge in [-0.25, -0.2) is 6.57 Å². The standard InChI is InChI=1S/C12H10N2O2/c1-14-10(8-13)7-12(15)9-3-5-11(16-2)6-4-9/h3-6,10H,7H2,2H3. The van der Waals surface area contributed by atoms with E-state index in [1.54, 1.807) is 37.4 Å². The summed E-state index contributed by atoms with van der Waals surface area (Å²) < 4.78 is 4.96. The second-order valence-corrected chi connectivity index (χ2v) is 3.13. The first-order chi connectivity index (χ1) is 7.71. The maximum Gasteiger partial charge on any atom is 0.314 e. The fourth-order valence-corrected chi connectivity index (χ4v) is 1.19. The van der Waals surface area contributed by atoms with Crippen LogP contribution in [-0.4, -0.2) is 18.9 Å². The van der Waals surface area contributed by atoms with Crippen molar-refractivity contribution in [2.45, 2.75) is 12.5 Å². The number of carbonyl (C=O) groups excluding carboxylic acids is 1. The van der Waals surface area contributed by atoms with Crippen molar-refractivity contribution < 1.29 is 9.53 Å². The van der Waals surface area contributed by atoms with E-state index in [1.165, 1.54) is 0 Å². The van der Waals surface area contributed by atoms with Gasteiger partial charge >= 0.3 is 6.04 Å². The molecule has 0 aliphatic rings. The highest BCUT2D eigenvalue weighted by atomic mass is 16.5. The van der Waals surface area contributed by atoms with Crippen molar-refractivity contribution in [3.63, 3.8) is 0 Å². The van der Waals surface area contributed by atoms with Crippen LogP contribution in [0.15, 0.2) is 24.3 Å². The quantitative estimate of drug-likeness (QED) is 0.569. The first-order valence-electron chi connectivity index (χ1n) is 4.64. The van der Waals surface area contributed by atoms with E-state index in [4.69, 9.17) is 16.6 Å². The molecule has 1 atom stereocenters. The van der Waals surface area contributed by atoms with Crippen LogP contribution in [0, 0.1) is 17.9 Å². The zero-order valence-electron chi connectivity index (χ0n) is 8.80. The van der Waals surface area contributed by atoms with E-state index >= 15 is 0 Å². The summed E-state index contributed by atoms with van der Waals surface area (Å²) >= 11 is 0. The van der Waals surface area contributed by atoms with Crippen LogP contribution in [0.25, 0.3) is 4.85 Å². The molecule has 16 heavy (non-hydrogen) atoms. The van der Waals surface area contributed by atoms with E-state index in [0.29, 0.717) is 11.3 Å². The topological polar surface area (TPSA) is 54.5 Å². The zero-order valence-corrected chi connectivity index (χ0v) is 8.80. The van der Waals surface area contributed by atoms with Crippen molar-refractivity contribution in [2.24, 2.45) is 0 Å². The largest absolute Gasteiger partial charge is 0.497 e. The van der Waals surface area contributed by atoms with Gasteiger partial charge in [0.05, 0.1) is 7.11 Å². The lowest BCUT2D eigenvalue weighted by Gasteiger charge is -2.01. The van der Waals surface area contributed by atoms with Gasteiger partial charge in [0, 0.05) is 5.56 Å². The van der Waals surface area contributed by atoms with E-state index in [1.807, 2.05) is 0 Å². The predicted molar refractivity (Wildman–Crippen MR) is 57.9 cm³/mol. The Morgan fingerprint density at radius 3 is 2.62 bits per heavy atom. The van der Waals surface area contributed by atoms with Crippen LogP contribution >= 0.6 is 0 Å². The molecule has 0 aromatic heterocycles. The molecule has 4 heteroatoms. The average molecular weight is 214 g/mol. The Hall–Kier alpha value is -2.33. The molecule has 0 saturated heterocycles. The number of hydrogen-bond acceptors (Lipinski definition) is 3. The van der Waals surface area contributed by atoms with Gasteiger partial charge in [0.1, 0.15) is 12.2 Å². The summed E-state index contributed by atoms with van der Waals surface area (Å²) in [5.41, 5.74) is 0.490. The fraction of sp³-hybridized carbons (Fsp3) is 0.250. The van der Waals surface area contributed by atoms with Gasteiger partial charge in [0.15, 0.2) is 11.9 Å². The molecule has 0 spiro atoms. The number of ketones is 1. The summed E-state index contributed by atoms with van der Waals surface area (Å²) in [6.07, 6.45) is -0.0632. The molecular weight excluding hydrogens is 204 g/mol. The monoisotopic (exact) mass is 214 g/mol. The molecule has 0 aliphatic heterocycles. The fourth-order valence-electron chi connectivity index (χ4n) is 1.19. The van der Waals surface area contributed by atoms with Gasteiger partial charge in [0.25, 0.3) is 0 Å². The number of rotatable bonds is 4. The summed E-state index contributed by atoms with van der Waals surface area (Å²) in [7, 11) is 1.54. The first-order valence-corrected chi connectivity index (χ1v) is 4.64. The van der Waals surface area contributed by atoms with Gasteiger partial charge in [-0.3, -0.25) is 9.64 Å². The molecule has 1 unspecified atom stereocenters. The predicted octanol–water partition coefficient (Wildman–Crippen LogP) is 2.08. The Balaban J connectivity index is 2.75. The van der Waals surface area contributed by atoms with Crippen LogP contribution < -0.4 is 4.74 Å². The number of carbonyl (C=O) groups is 1. The van der Waals surface area contributed by atoms with Crippen molar-refractivity contribution in [3.8, 4) is 11.8 Å². The molecule has 4 nitrogen and oxygen atoms in total. The lowest BCUT2D eigenvalue weighted by Crippen LogP contribution is -2.08. The highest BCUT2D eigenvalue weighted by molar-refractivity contribution is 5.96. The number of nitriles is 1. The van der Waals surface area contributed by atoms with E-state index in [-0.39, 0.29) is 12.2 Å². The molecule has 0 saturated carbocycles. The Morgan fingerprint density at radius 2 is 2.19 bits per heavy atom. The summed E-state index contributed by atoms with van der Waals surface area (Å²) in [4.78, 5) is 14.7. The Bertz CT molecular complexity index is 437. The van der Waals surface area contributed by atoms with Gasteiger partial charge < -0.3 is 4.74 Å². The molecule has 1 aromatic carbocycles. The van der Waals surface area contributed by atoms with Crippen LogP contribution in [0.5, 0.6) is 5.75 Å². The Morgan fingerprint density at radius 1 is 1.56 bits per heavy atom. The zero-order chi connectivity index (χ0) is 12.0. The van der Waals surface area contributed by atoms with Crippen molar-refractivity contribution >= 4 is 5.78 Å². The van der Waals surface area contributed by atoms with E-state index in [2.05, 4.69) is 4.85 Å². The van der Waals surface area contributed by atoms with Gasteiger partial charge in [-0.1, -0.05) is 0 Å². The lowest BCUT2D eigenvalue weighted by atomic mass is 10.0. The maximum atomic E-state index is 11.6. The molecular formula is C12H10N2O2. The Kier molecular flexibility index (Phi) is 4.06. The maximum absolute atomic E-state index is 11.6. The number of methoxy groups -OCH3 is 1. The van der Waals surface area contributed by atoms with Gasteiger partial charge in [0.2, 0.25) is 0 Å². The molecule has 1 aromatic rings. The van der Waals surface area contributed by atoms with Crippen molar-refractivity contribution in [1.82, 2.24) is 0 Å². The second-order valence-electron chi connectivity index (χ2n) is 3.13. The van der Waals surface area contributed by atoms with Crippen LogP contribution in [0.3, 0.4) is 0 Å². The van der Waals surface area contributed by atoms with Crippen molar-refractivity contribution in [1.29, 1.82) is 5.26 Å². The number of benzene rings is 1. The molecule has 80 valence electrons.